The Hall–Kier alpha value is -1.00. The van der Waals surface area contributed by atoms with Gasteiger partial charge in [-0.1, -0.05) is 18.5 Å². The third-order valence-electron chi connectivity index (χ3n) is 3.76. The van der Waals surface area contributed by atoms with E-state index in [-0.39, 0.29) is 0 Å². The summed E-state index contributed by atoms with van der Waals surface area (Å²) in [5, 5.41) is 7.84. The SMILES string of the molecule is COc1ccc(Cl)cc1NC(=S)NC1CCC(C)CC1. The summed E-state index contributed by atoms with van der Waals surface area (Å²) in [6, 6.07) is 5.91. The summed E-state index contributed by atoms with van der Waals surface area (Å²) >= 11 is 11.4. The molecule has 20 heavy (non-hydrogen) atoms. The minimum absolute atomic E-state index is 0.469. The van der Waals surface area contributed by atoms with Gasteiger partial charge in [-0.2, -0.15) is 0 Å². The molecule has 0 saturated heterocycles. The van der Waals surface area contributed by atoms with Crippen LogP contribution in [0.25, 0.3) is 0 Å². The molecule has 0 amide bonds. The van der Waals surface area contributed by atoms with Gasteiger partial charge >= 0.3 is 0 Å². The van der Waals surface area contributed by atoms with Gasteiger partial charge in [0, 0.05) is 11.1 Å². The predicted octanol–water partition coefficient (Wildman–Crippen LogP) is 4.21. The minimum atomic E-state index is 0.469. The Balaban J connectivity index is 1.92. The molecule has 1 aromatic rings. The molecule has 0 aliphatic heterocycles. The third-order valence-corrected chi connectivity index (χ3v) is 4.22. The summed E-state index contributed by atoms with van der Waals surface area (Å²) in [6.07, 6.45) is 4.88. The van der Waals surface area contributed by atoms with Gasteiger partial charge in [0.2, 0.25) is 0 Å². The average Bonchev–Trinajstić information content (AvgIpc) is 2.41. The van der Waals surface area contributed by atoms with E-state index in [1.54, 1.807) is 13.2 Å². The molecule has 3 nitrogen and oxygen atoms in total. The molecule has 1 aliphatic carbocycles. The van der Waals surface area contributed by atoms with Crippen LogP contribution in [0.1, 0.15) is 32.6 Å². The maximum absolute atomic E-state index is 6.01. The standard InChI is InChI=1S/C15H21ClN2OS/c1-10-3-6-12(7-4-10)17-15(20)18-13-9-11(16)5-8-14(13)19-2/h5,8-10,12H,3-4,6-7H2,1-2H3,(H2,17,18,20). The quantitative estimate of drug-likeness (QED) is 0.819. The molecule has 0 spiro atoms. The van der Waals surface area contributed by atoms with Crippen molar-refractivity contribution >= 4 is 34.6 Å². The fraction of sp³-hybridized carbons (Fsp3) is 0.533. The average molecular weight is 313 g/mol. The largest absolute Gasteiger partial charge is 0.495 e. The number of hydrogen-bond donors (Lipinski definition) is 2. The first-order chi connectivity index (χ1) is 9.58. The summed E-state index contributed by atoms with van der Waals surface area (Å²) in [5.74, 6) is 1.57. The first-order valence-electron chi connectivity index (χ1n) is 6.99. The number of methoxy groups -OCH3 is 1. The number of ether oxygens (including phenoxy) is 1. The van der Waals surface area contributed by atoms with Gasteiger partial charge < -0.3 is 15.4 Å². The molecule has 0 atom stereocenters. The molecule has 1 saturated carbocycles. The molecule has 1 aliphatic rings. The maximum Gasteiger partial charge on any atom is 0.171 e. The van der Waals surface area contributed by atoms with Crippen molar-refractivity contribution in [2.24, 2.45) is 5.92 Å². The monoisotopic (exact) mass is 312 g/mol. The van der Waals surface area contributed by atoms with E-state index in [9.17, 15) is 0 Å². The van der Waals surface area contributed by atoms with Crippen molar-refractivity contribution in [3.8, 4) is 5.75 Å². The molecule has 1 aromatic carbocycles. The van der Waals surface area contributed by atoms with Crippen LogP contribution in [0.15, 0.2) is 18.2 Å². The highest BCUT2D eigenvalue weighted by molar-refractivity contribution is 7.80. The Morgan fingerprint density at radius 1 is 1.30 bits per heavy atom. The van der Waals surface area contributed by atoms with Gasteiger partial charge in [0.15, 0.2) is 5.11 Å². The van der Waals surface area contributed by atoms with Gasteiger partial charge in [-0.15, -0.1) is 0 Å². The Morgan fingerprint density at radius 3 is 2.65 bits per heavy atom. The molecule has 0 unspecified atom stereocenters. The number of halogens is 1. The zero-order chi connectivity index (χ0) is 14.5. The molecule has 0 radical (unpaired) electrons. The lowest BCUT2D eigenvalue weighted by Gasteiger charge is -2.28. The summed E-state index contributed by atoms with van der Waals surface area (Å²) in [6.45, 7) is 2.31. The van der Waals surface area contributed by atoms with E-state index in [4.69, 9.17) is 28.6 Å². The molecular formula is C15H21ClN2OS. The van der Waals surface area contributed by atoms with Gasteiger partial charge in [-0.05, 0) is 62.0 Å². The van der Waals surface area contributed by atoms with Crippen LogP contribution >= 0.6 is 23.8 Å². The second-order valence-corrected chi connectivity index (χ2v) is 6.24. The van der Waals surface area contributed by atoms with Crippen molar-refractivity contribution in [3.05, 3.63) is 23.2 Å². The van der Waals surface area contributed by atoms with Crippen molar-refractivity contribution in [2.45, 2.75) is 38.6 Å². The van der Waals surface area contributed by atoms with Crippen LogP contribution in [0.5, 0.6) is 5.75 Å². The Labute approximate surface area is 131 Å². The van der Waals surface area contributed by atoms with Crippen LogP contribution in [-0.2, 0) is 0 Å². The Kier molecular flexibility index (Phi) is 5.49. The summed E-state index contributed by atoms with van der Waals surface area (Å²) in [7, 11) is 1.63. The van der Waals surface area contributed by atoms with Crippen LogP contribution in [0.2, 0.25) is 5.02 Å². The molecule has 2 N–H and O–H groups in total. The van der Waals surface area contributed by atoms with E-state index in [1.165, 1.54) is 25.7 Å². The zero-order valence-corrected chi connectivity index (χ0v) is 13.5. The molecule has 1 fully saturated rings. The predicted molar refractivity (Wildman–Crippen MR) is 88.8 cm³/mol. The number of hydrogen-bond acceptors (Lipinski definition) is 2. The topological polar surface area (TPSA) is 33.3 Å². The third kappa shape index (κ3) is 4.25. The highest BCUT2D eigenvalue weighted by atomic mass is 35.5. The highest BCUT2D eigenvalue weighted by Crippen LogP contribution is 2.28. The summed E-state index contributed by atoms with van der Waals surface area (Å²) in [4.78, 5) is 0. The van der Waals surface area contributed by atoms with Crippen molar-refractivity contribution in [1.82, 2.24) is 5.32 Å². The normalized spacial score (nSPS) is 22.1. The van der Waals surface area contributed by atoms with Crippen LogP contribution < -0.4 is 15.4 Å². The van der Waals surface area contributed by atoms with Crippen molar-refractivity contribution in [1.29, 1.82) is 0 Å². The first-order valence-corrected chi connectivity index (χ1v) is 7.78. The number of rotatable bonds is 3. The first kappa shape index (κ1) is 15.4. The van der Waals surface area contributed by atoms with E-state index in [2.05, 4.69) is 17.6 Å². The lowest BCUT2D eigenvalue weighted by Crippen LogP contribution is -2.39. The molecule has 0 aromatic heterocycles. The molecule has 5 heteroatoms. The van der Waals surface area contributed by atoms with E-state index < -0.39 is 0 Å². The van der Waals surface area contributed by atoms with Crippen LogP contribution in [-0.4, -0.2) is 18.3 Å². The van der Waals surface area contributed by atoms with Gasteiger partial charge in [0.25, 0.3) is 0 Å². The number of anilines is 1. The lowest BCUT2D eigenvalue weighted by atomic mass is 9.87. The molecular weight excluding hydrogens is 292 g/mol. The minimum Gasteiger partial charge on any atom is -0.495 e. The van der Waals surface area contributed by atoms with E-state index in [0.29, 0.717) is 16.2 Å². The fourth-order valence-corrected chi connectivity index (χ4v) is 2.97. The highest BCUT2D eigenvalue weighted by Gasteiger charge is 2.18. The number of nitrogens with one attached hydrogen (secondary N) is 2. The van der Waals surface area contributed by atoms with E-state index >= 15 is 0 Å². The second kappa shape index (κ2) is 7.14. The molecule has 110 valence electrons. The molecule has 0 bridgehead atoms. The molecule has 2 rings (SSSR count). The summed E-state index contributed by atoms with van der Waals surface area (Å²) < 4.78 is 5.30. The van der Waals surface area contributed by atoms with Gasteiger partial charge in [-0.25, -0.2) is 0 Å². The van der Waals surface area contributed by atoms with Gasteiger partial charge in [0.05, 0.1) is 12.8 Å². The second-order valence-electron chi connectivity index (χ2n) is 5.40. The smallest absolute Gasteiger partial charge is 0.171 e. The Morgan fingerprint density at radius 2 is 2.00 bits per heavy atom. The van der Waals surface area contributed by atoms with E-state index in [0.717, 1.165) is 17.4 Å². The Bertz CT molecular complexity index is 473. The fourth-order valence-electron chi connectivity index (χ4n) is 2.53. The lowest BCUT2D eigenvalue weighted by molar-refractivity contribution is 0.332. The van der Waals surface area contributed by atoms with Crippen molar-refractivity contribution < 1.29 is 4.74 Å². The van der Waals surface area contributed by atoms with Crippen LogP contribution in [0, 0.1) is 5.92 Å². The van der Waals surface area contributed by atoms with Crippen LogP contribution in [0.4, 0.5) is 5.69 Å². The van der Waals surface area contributed by atoms with Crippen LogP contribution in [0.3, 0.4) is 0 Å². The number of thiocarbonyl (C=S) groups is 1. The molecule has 0 heterocycles. The maximum atomic E-state index is 6.01. The van der Waals surface area contributed by atoms with Crippen molar-refractivity contribution in [2.75, 3.05) is 12.4 Å². The summed E-state index contributed by atoms with van der Waals surface area (Å²) in [5.41, 5.74) is 0.793. The van der Waals surface area contributed by atoms with Crippen molar-refractivity contribution in [3.63, 3.8) is 0 Å². The van der Waals surface area contributed by atoms with Gasteiger partial charge in [-0.3, -0.25) is 0 Å². The van der Waals surface area contributed by atoms with Gasteiger partial charge in [0.1, 0.15) is 5.75 Å². The van der Waals surface area contributed by atoms with E-state index in [1.807, 2.05) is 12.1 Å². The zero-order valence-electron chi connectivity index (χ0n) is 11.9. The number of benzene rings is 1.